The zero-order valence-electron chi connectivity index (χ0n) is 10.1. The first-order valence-electron chi connectivity index (χ1n) is 5.69. The molecule has 0 aliphatic carbocycles. The van der Waals surface area contributed by atoms with Crippen molar-refractivity contribution in [2.24, 2.45) is 0 Å². The molecular formula is C15H12ClFOS. The Kier molecular flexibility index (Phi) is 5.02. The van der Waals surface area contributed by atoms with Crippen molar-refractivity contribution >= 4 is 28.9 Å². The molecule has 1 unspecified atom stereocenters. The van der Waals surface area contributed by atoms with Gasteiger partial charge in [0.1, 0.15) is 17.0 Å². The Morgan fingerprint density at radius 3 is 2.32 bits per heavy atom. The van der Waals surface area contributed by atoms with Crippen molar-refractivity contribution in [3.8, 4) is 0 Å². The highest BCUT2D eigenvalue weighted by Gasteiger charge is 2.04. The molecule has 0 fully saturated rings. The second-order valence-electron chi connectivity index (χ2n) is 4.01. The van der Waals surface area contributed by atoms with E-state index in [1.807, 2.05) is 12.1 Å². The summed E-state index contributed by atoms with van der Waals surface area (Å²) in [5, 5.41) is 2.30. The summed E-state index contributed by atoms with van der Waals surface area (Å²) in [6.45, 7) is 0. The van der Waals surface area contributed by atoms with E-state index in [1.165, 1.54) is 12.1 Å². The van der Waals surface area contributed by atoms with Gasteiger partial charge in [-0.3, -0.25) is 0 Å². The molecule has 0 spiro atoms. The fourth-order valence-corrected chi connectivity index (χ4v) is 2.57. The van der Waals surface area contributed by atoms with Crippen molar-refractivity contribution in [1.82, 2.24) is 0 Å². The van der Waals surface area contributed by atoms with Gasteiger partial charge in [-0.25, -0.2) is 4.39 Å². The normalized spacial score (nSPS) is 12.8. The van der Waals surface area contributed by atoms with Crippen molar-refractivity contribution in [1.29, 1.82) is 0 Å². The lowest BCUT2D eigenvalue weighted by Crippen LogP contribution is -1.99. The van der Waals surface area contributed by atoms with Gasteiger partial charge in [-0.2, -0.15) is 0 Å². The lowest BCUT2D eigenvalue weighted by molar-refractivity contribution is 0.602. The highest BCUT2D eigenvalue weighted by atomic mass is 35.5. The molecule has 0 N–H and O–H groups in total. The van der Waals surface area contributed by atoms with Crippen LogP contribution in [0.1, 0.15) is 11.1 Å². The van der Waals surface area contributed by atoms with Crippen molar-refractivity contribution in [2.75, 3.05) is 0 Å². The number of rotatable bonds is 4. The van der Waals surface area contributed by atoms with E-state index in [0.29, 0.717) is 10.8 Å². The van der Waals surface area contributed by atoms with E-state index in [0.717, 1.165) is 11.1 Å². The minimum atomic E-state index is -1.12. The molecule has 0 aliphatic heterocycles. The van der Waals surface area contributed by atoms with Gasteiger partial charge >= 0.3 is 0 Å². The highest BCUT2D eigenvalue weighted by molar-refractivity contribution is 7.93. The Hall–Kier alpha value is -1.29. The highest BCUT2D eigenvalue weighted by Crippen LogP contribution is 2.13. The van der Waals surface area contributed by atoms with Crippen LogP contribution in [0.2, 0.25) is 5.02 Å². The van der Waals surface area contributed by atoms with Crippen LogP contribution in [0.15, 0.2) is 53.9 Å². The number of halogens is 2. The summed E-state index contributed by atoms with van der Waals surface area (Å²) in [7, 11) is 0. The first kappa shape index (κ1) is 14.1. The number of benzene rings is 2. The summed E-state index contributed by atoms with van der Waals surface area (Å²) in [5.41, 5.74) is 1.79. The Morgan fingerprint density at radius 1 is 1.05 bits per heavy atom. The summed E-state index contributed by atoms with van der Waals surface area (Å²) in [4.78, 5) is 0. The smallest absolute Gasteiger partial charge is 0.135 e. The van der Waals surface area contributed by atoms with Crippen molar-refractivity contribution < 1.29 is 8.94 Å². The van der Waals surface area contributed by atoms with Crippen LogP contribution in [0, 0.1) is 5.82 Å². The number of hydrogen-bond donors (Lipinski definition) is 0. The fourth-order valence-electron chi connectivity index (χ4n) is 1.52. The molecule has 0 saturated carbocycles. The van der Waals surface area contributed by atoms with Crippen LogP contribution in [0.3, 0.4) is 0 Å². The largest absolute Gasteiger partial charge is 0.612 e. The third kappa shape index (κ3) is 4.71. The zero-order chi connectivity index (χ0) is 13.7. The van der Waals surface area contributed by atoms with Gasteiger partial charge in [0.2, 0.25) is 0 Å². The van der Waals surface area contributed by atoms with E-state index in [2.05, 4.69) is 0 Å². The molecule has 4 heteroatoms. The molecule has 2 rings (SSSR count). The third-order valence-electron chi connectivity index (χ3n) is 2.50. The van der Waals surface area contributed by atoms with Crippen LogP contribution in [0.4, 0.5) is 4.39 Å². The third-order valence-corrected chi connectivity index (χ3v) is 3.81. The molecule has 0 heterocycles. The van der Waals surface area contributed by atoms with Crippen LogP contribution in [-0.2, 0) is 16.9 Å². The van der Waals surface area contributed by atoms with Crippen molar-refractivity contribution in [2.45, 2.75) is 5.75 Å². The van der Waals surface area contributed by atoms with Gasteiger partial charge in [-0.15, -0.1) is 0 Å². The van der Waals surface area contributed by atoms with E-state index in [-0.39, 0.29) is 5.82 Å². The lowest BCUT2D eigenvalue weighted by atomic mass is 10.2. The zero-order valence-corrected chi connectivity index (χ0v) is 11.6. The average molecular weight is 295 g/mol. The van der Waals surface area contributed by atoms with Gasteiger partial charge in [0, 0.05) is 10.6 Å². The monoisotopic (exact) mass is 294 g/mol. The molecular weight excluding hydrogens is 283 g/mol. The van der Waals surface area contributed by atoms with Crippen LogP contribution in [0.25, 0.3) is 6.08 Å². The van der Waals surface area contributed by atoms with Gasteiger partial charge in [0.25, 0.3) is 0 Å². The van der Waals surface area contributed by atoms with E-state index < -0.39 is 11.2 Å². The first-order chi connectivity index (χ1) is 9.13. The molecule has 2 aromatic carbocycles. The van der Waals surface area contributed by atoms with Gasteiger partial charge < -0.3 is 4.55 Å². The summed E-state index contributed by atoms with van der Waals surface area (Å²) in [5.74, 6) is 0.0934. The molecule has 98 valence electrons. The minimum Gasteiger partial charge on any atom is -0.612 e. The molecule has 2 aromatic rings. The summed E-state index contributed by atoms with van der Waals surface area (Å²) in [6.07, 6.45) is 1.79. The summed E-state index contributed by atoms with van der Waals surface area (Å²) in [6, 6.07) is 13.3. The summed E-state index contributed by atoms with van der Waals surface area (Å²) >= 11 is 4.66. The van der Waals surface area contributed by atoms with E-state index in [1.54, 1.807) is 35.7 Å². The Balaban J connectivity index is 1.95. The Bertz CT molecular complexity index is 551. The molecule has 1 atom stereocenters. The molecule has 0 saturated heterocycles. The molecule has 0 radical (unpaired) electrons. The molecule has 0 aromatic heterocycles. The van der Waals surface area contributed by atoms with E-state index in [4.69, 9.17) is 11.6 Å². The first-order valence-corrected chi connectivity index (χ1v) is 7.45. The van der Waals surface area contributed by atoms with E-state index in [9.17, 15) is 8.94 Å². The molecule has 0 bridgehead atoms. The molecule has 19 heavy (non-hydrogen) atoms. The maximum absolute atomic E-state index is 12.7. The summed E-state index contributed by atoms with van der Waals surface area (Å²) < 4.78 is 24.6. The molecule has 1 nitrogen and oxygen atoms in total. The van der Waals surface area contributed by atoms with Gasteiger partial charge in [-0.05, 0) is 47.1 Å². The van der Waals surface area contributed by atoms with Gasteiger partial charge in [-0.1, -0.05) is 35.9 Å². The number of hydrogen-bond acceptors (Lipinski definition) is 1. The van der Waals surface area contributed by atoms with Crippen LogP contribution < -0.4 is 0 Å². The Morgan fingerprint density at radius 2 is 1.68 bits per heavy atom. The minimum absolute atomic E-state index is 0.286. The average Bonchev–Trinajstić information content (AvgIpc) is 2.41. The van der Waals surface area contributed by atoms with Crippen molar-refractivity contribution in [3.63, 3.8) is 0 Å². The van der Waals surface area contributed by atoms with Crippen LogP contribution >= 0.6 is 11.6 Å². The lowest BCUT2D eigenvalue weighted by Gasteiger charge is -2.05. The second-order valence-corrected chi connectivity index (χ2v) is 5.76. The topological polar surface area (TPSA) is 23.1 Å². The quantitative estimate of drug-likeness (QED) is 0.767. The van der Waals surface area contributed by atoms with Gasteiger partial charge in [0.05, 0.1) is 0 Å². The predicted molar refractivity (Wildman–Crippen MR) is 78.7 cm³/mol. The fraction of sp³-hybridized carbons (Fsp3) is 0.0667. The second kappa shape index (κ2) is 6.75. The standard InChI is InChI=1S/C15H12ClFOS/c16-14-5-1-12(2-6-14)9-10-19(18)11-13-3-7-15(17)8-4-13/h1-10H,11H2. The van der Waals surface area contributed by atoms with Crippen LogP contribution in [0.5, 0.6) is 0 Å². The van der Waals surface area contributed by atoms with E-state index >= 15 is 0 Å². The van der Waals surface area contributed by atoms with Crippen molar-refractivity contribution in [3.05, 3.63) is 75.9 Å². The predicted octanol–water partition coefficient (Wildman–Crippen LogP) is 4.40. The van der Waals surface area contributed by atoms with Gasteiger partial charge in [0.15, 0.2) is 0 Å². The SMILES string of the molecule is [O-][S+](C=Cc1ccc(Cl)cc1)Cc1ccc(F)cc1. The molecule has 0 aliphatic rings. The maximum atomic E-state index is 12.7. The Labute approximate surface area is 119 Å². The van der Waals surface area contributed by atoms with Crippen LogP contribution in [-0.4, -0.2) is 4.55 Å². The molecule has 0 amide bonds. The maximum Gasteiger partial charge on any atom is 0.135 e.